The first-order chi connectivity index (χ1) is 3.31. The number of rotatable bonds is 3. The fourth-order valence-electron chi connectivity index (χ4n) is 0.291. The van der Waals surface area contributed by atoms with Crippen molar-refractivity contribution in [2.24, 2.45) is 0 Å². The zero-order chi connectivity index (χ0) is 5.70. The molecule has 0 radical (unpaired) electrons. The Bertz CT molecular complexity index is 61.1. The second-order valence-electron chi connectivity index (χ2n) is 1.40. The van der Waals surface area contributed by atoms with Crippen LogP contribution in [-0.4, -0.2) is 10.1 Å². The quantitative estimate of drug-likeness (QED) is 0.420. The lowest BCUT2D eigenvalue weighted by Crippen LogP contribution is -1.92. The summed E-state index contributed by atoms with van der Waals surface area (Å²) in [6.07, 6.45) is 1.89. The summed E-state index contributed by atoms with van der Waals surface area (Å²) in [5.74, 6) is 0. The predicted molar refractivity (Wildman–Crippen MR) is 41.5 cm³/mol. The van der Waals surface area contributed by atoms with Crippen molar-refractivity contribution < 1.29 is 0 Å². The van der Waals surface area contributed by atoms with E-state index in [9.17, 15) is 0 Å². The van der Waals surface area contributed by atoms with Crippen LogP contribution in [0.5, 0.6) is 0 Å². The van der Waals surface area contributed by atoms with Crippen LogP contribution in [0.25, 0.3) is 0 Å². The molecule has 0 aliphatic carbocycles. The van der Waals surface area contributed by atoms with Gasteiger partial charge in [0.2, 0.25) is 0 Å². The number of hydrogen-bond acceptors (Lipinski definition) is 1. The standard InChI is InChI=1S/C5H10IN/c1-2-5(7)3-4-6/h7H,2-4H2,1H3. The van der Waals surface area contributed by atoms with E-state index in [0.29, 0.717) is 0 Å². The molecule has 1 nitrogen and oxygen atoms in total. The molecule has 0 amide bonds. The van der Waals surface area contributed by atoms with Gasteiger partial charge in [0.05, 0.1) is 0 Å². The first-order valence-corrected chi connectivity index (χ1v) is 3.96. The molecule has 0 aliphatic heterocycles. The molecule has 1 N–H and O–H groups in total. The number of alkyl halides is 1. The maximum Gasteiger partial charge on any atom is 0.00940 e. The highest BCUT2D eigenvalue weighted by molar-refractivity contribution is 14.1. The molecule has 0 aromatic rings. The minimum absolute atomic E-state index is 0.870. The summed E-state index contributed by atoms with van der Waals surface area (Å²) in [7, 11) is 0. The monoisotopic (exact) mass is 211 g/mol. The normalized spacial score (nSPS) is 8.86. The third-order valence-electron chi connectivity index (χ3n) is 0.823. The third-order valence-corrected chi connectivity index (χ3v) is 1.36. The van der Waals surface area contributed by atoms with E-state index in [-0.39, 0.29) is 0 Å². The average Bonchev–Trinajstić information content (AvgIpc) is 1.68. The van der Waals surface area contributed by atoms with Gasteiger partial charge in [0.15, 0.2) is 0 Å². The molecular formula is C5H10IN. The molecule has 0 saturated heterocycles. The fraction of sp³-hybridized carbons (Fsp3) is 0.800. The Morgan fingerprint density at radius 1 is 1.71 bits per heavy atom. The molecule has 0 aliphatic rings. The molecule has 2 heteroatoms. The van der Waals surface area contributed by atoms with Crippen LogP contribution in [0.1, 0.15) is 19.8 Å². The van der Waals surface area contributed by atoms with E-state index < -0.39 is 0 Å². The second kappa shape index (κ2) is 4.56. The van der Waals surface area contributed by atoms with Crippen molar-refractivity contribution in [3.63, 3.8) is 0 Å². The van der Waals surface area contributed by atoms with Gasteiger partial charge in [-0.15, -0.1) is 0 Å². The minimum atomic E-state index is 0.870. The highest BCUT2D eigenvalue weighted by atomic mass is 127. The molecule has 0 atom stereocenters. The van der Waals surface area contributed by atoms with E-state index in [1.165, 1.54) is 0 Å². The van der Waals surface area contributed by atoms with Crippen molar-refractivity contribution in [2.75, 3.05) is 4.43 Å². The van der Waals surface area contributed by atoms with Gasteiger partial charge >= 0.3 is 0 Å². The van der Waals surface area contributed by atoms with Gasteiger partial charge in [-0.1, -0.05) is 29.5 Å². The van der Waals surface area contributed by atoms with Gasteiger partial charge in [-0.3, -0.25) is 0 Å². The Morgan fingerprint density at radius 3 is 2.43 bits per heavy atom. The van der Waals surface area contributed by atoms with Crippen LogP contribution in [0.4, 0.5) is 0 Å². The first-order valence-electron chi connectivity index (χ1n) is 2.43. The summed E-state index contributed by atoms with van der Waals surface area (Å²) < 4.78 is 1.09. The Balaban J connectivity index is 3.00. The maximum atomic E-state index is 7.13. The van der Waals surface area contributed by atoms with E-state index in [0.717, 1.165) is 23.0 Å². The highest BCUT2D eigenvalue weighted by Crippen LogP contribution is 1.92. The Morgan fingerprint density at radius 2 is 2.29 bits per heavy atom. The molecule has 42 valence electrons. The smallest absolute Gasteiger partial charge is 0.00940 e. The highest BCUT2D eigenvalue weighted by Gasteiger charge is 1.87. The summed E-state index contributed by atoms with van der Waals surface area (Å²) >= 11 is 2.29. The number of hydrogen-bond donors (Lipinski definition) is 1. The van der Waals surface area contributed by atoms with Crippen LogP contribution in [-0.2, 0) is 0 Å². The lowest BCUT2D eigenvalue weighted by molar-refractivity contribution is 1.15. The van der Waals surface area contributed by atoms with Crippen LogP contribution in [0.15, 0.2) is 0 Å². The van der Waals surface area contributed by atoms with Crippen LogP contribution in [0.2, 0.25) is 0 Å². The molecular weight excluding hydrogens is 201 g/mol. The van der Waals surface area contributed by atoms with Crippen molar-refractivity contribution in [1.82, 2.24) is 0 Å². The summed E-state index contributed by atoms with van der Waals surface area (Å²) in [6, 6.07) is 0. The van der Waals surface area contributed by atoms with Crippen LogP contribution >= 0.6 is 22.6 Å². The predicted octanol–water partition coefficient (Wildman–Crippen LogP) is 2.24. The van der Waals surface area contributed by atoms with Crippen LogP contribution in [0, 0.1) is 5.41 Å². The Labute approximate surface area is 58.1 Å². The summed E-state index contributed by atoms with van der Waals surface area (Å²) in [5, 5.41) is 7.13. The molecule has 0 bridgehead atoms. The molecule has 0 fully saturated rings. The lowest BCUT2D eigenvalue weighted by Gasteiger charge is -1.90. The maximum absolute atomic E-state index is 7.13. The van der Waals surface area contributed by atoms with Gasteiger partial charge in [-0.05, 0) is 12.8 Å². The number of nitrogens with one attached hydrogen (secondary N) is 1. The van der Waals surface area contributed by atoms with Gasteiger partial charge < -0.3 is 5.41 Å². The largest absolute Gasteiger partial charge is 0.310 e. The van der Waals surface area contributed by atoms with Gasteiger partial charge in [-0.2, -0.15) is 0 Å². The second-order valence-corrected chi connectivity index (χ2v) is 2.47. The topological polar surface area (TPSA) is 23.9 Å². The fourth-order valence-corrected chi connectivity index (χ4v) is 0.942. The van der Waals surface area contributed by atoms with Crippen molar-refractivity contribution in [2.45, 2.75) is 19.8 Å². The van der Waals surface area contributed by atoms with E-state index >= 15 is 0 Å². The molecule has 0 saturated carbocycles. The molecule has 0 aromatic carbocycles. The zero-order valence-electron chi connectivity index (χ0n) is 4.50. The summed E-state index contributed by atoms with van der Waals surface area (Å²) in [5.41, 5.74) is 0.870. The lowest BCUT2D eigenvalue weighted by atomic mass is 10.2. The van der Waals surface area contributed by atoms with Crippen LogP contribution < -0.4 is 0 Å². The SMILES string of the molecule is CCC(=N)CCI. The summed E-state index contributed by atoms with van der Waals surface area (Å²) in [4.78, 5) is 0. The van der Waals surface area contributed by atoms with E-state index in [4.69, 9.17) is 5.41 Å². The van der Waals surface area contributed by atoms with E-state index in [2.05, 4.69) is 22.6 Å². The zero-order valence-corrected chi connectivity index (χ0v) is 6.66. The number of halogens is 1. The Hall–Kier alpha value is 0.400. The minimum Gasteiger partial charge on any atom is -0.310 e. The first kappa shape index (κ1) is 7.40. The van der Waals surface area contributed by atoms with Gasteiger partial charge in [0, 0.05) is 10.1 Å². The molecule has 0 unspecified atom stereocenters. The molecule has 0 heterocycles. The van der Waals surface area contributed by atoms with Gasteiger partial charge in [0.1, 0.15) is 0 Å². The molecule has 7 heavy (non-hydrogen) atoms. The molecule has 0 aromatic heterocycles. The third kappa shape index (κ3) is 4.25. The van der Waals surface area contributed by atoms with Crippen LogP contribution in [0.3, 0.4) is 0 Å². The van der Waals surface area contributed by atoms with E-state index in [1.54, 1.807) is 0 Å². The van der Waals surface area contributed by atoms with Gasteiger partial charge in [0.25, 0.3) is 0 Å². The van der Waals surface area contributed by atoms with Crippen molar-refractivity contribution in [1.29, 1.82) is 5.41 Å². The van der Waals surface area contributed by atoms with Crippen molar-refractivity contribution in [3.05, 3.63) is 0 Å². The average molecular weight is 211 g/mol. The molecule has 0 spiro atoms. The van der Waals surface area contributed by atoms with Crippen molar-refractivity contribution in [3.8, 4) is 0 Å². The summed E-state index contributed by atoms with van der Waals surface area (Å²) in [6.45, 7) is 2.02. The van der Waals surface area contributed by atoms with Crippen molar-refractivity contribution >= 4 is 28.3 Å². The van der Waals surface area contributed by atoms with Gasteiger partial charge in [-0.25, -0.2) is 0 Å². The van der Waals surface area contributed by atoms with E-state index in [1.807, 2.05) is 6.92 Å². The molecule has 0 rings (SSSR count). The Kier molecular flexibility index (Phi) is 4.82.